The molecule has 2 rings (SSSR count). The molecule has 19 heavy (non-hydrogen) atoms. The molecule has 0 fully saturated rings. The van der Waals surface area contributed by atoms with Crippen molar-refractivity contribution in [2.45, 2.75) is 6.42 Å². The van der Waals surface area contributed by atoms with Gasteiger partial charge in [0.2, 0.25) is 0 Å². The predicted octanol–water partition coefficient (Wildman–Crippen LogP) is 3.90. The van der Waals surface area contributed by atoms with Crippen molar-refractivity contribution in [2.24, 2.45) is 0 Å². The Morgan fingerprint density at radius 1 is 1.05 bits per heavy atom. The molecule has 0 unspecified atom stereocenters. The summed E-state index contributed by atoms with van der Waals surface area (Å²) in [5.74, 6) is 0. The van der Waals surface area contributed by atoms with Gasteiger partial charge in [-0.3, -0.25) is 10.1 Å². The van der Waals surface area contributed by atoms with Crippen LogP contribution in [0.15, 0.2) is 48.5 Å². The van der Waals surface area contributed by atoms with E-state index in [2.05, 4.69) is 5.32 Å². The molecule has 0 aliphatic rings. The van der Waals surface area contributed by atoms with Crippen LogP contribution in [-0.4, -0.2) is 11.5 Å². The number of nitrogens with one attached hydrogen (secondary N) is 1. The lowest BCUT2D eigenvalue weighted by atomic mass is 10.1. The molecule has 0 bridgehead atoms. The quantitative estimate of drug-likeness (QED) is 0.665. The van der Waals surface area contributed by atoms with Crippen LogP contribution in [0.2, 0.25) is 5.02 Å². The molecule has 0 saturated carbocycles. The Morgan fingerprint density at radius 3 is 2.26 bits per heavy atom. The zero-order valence-electron chi connectivity index (χ0n) is 10.2. The highest BCUT2D eigenvalue weighted by Crippen LogP contribution is 2.15. The molecule has 1 N–H and O–H groups in total. The van der Waals surface area contributed by atoms with Crippen molar-refractivity contribution < 1.29 is 4.92 Å². The van der Waals surface area contributed by atoms with Gasteiger partial charge in [-0.1, -0.05) is 23.7 Å². The standard InChI is InChI=1S/C14H13ClN2O2/c15-12-3-1-11(2-4-12)9-10-16-13-5-7-14(8-6-13)17(18)19/h1-8,16H,9-10H2. The van der Waals surface area contributed by atoms with E-state index in [0.29, 0.717) is 0 Å². The van der Waals surface area contributed by atoms with Gasteiger partial charge in [0.05, 0.1) is 4.92 Å². The smallest absolute Gasteiger partial charge is 0.269 e. The van der Waals surface area contributed by atoms with Crippen LogP contribution >= 0.6 is 11.6 Å². The maximum absolute atomic E-state index is 10.5. The zero-order chi connectivity index (χ0) is 13.7. The molecular formula is C14H13ClN2O2. The topological polar surface area (TPSA) is 55.2 Å². The average molecular weight is 277 g/mol. The van der Waals surface area contributed by atoms with Gasteiger partial charge in [0.25, 0.3) is 5.69 Å². The molecule has 0 saturated heterocycles. The predicted molar refractivity (Wildman–Crippen MR) is 76.7 cm³/mol. The minimum Gasteiger partial charge on any atom is -0.385 e. The van der Waals surface area contributed by atoms with Crippen LogP contribution in [0.1, 0.15) is 5.56 Å². The third-order valence-corrected chi connectivity index (χ3v) is 2.99. The zero-order valence-corrected chi connectivity index (χ0v) is 10.9. The molecule has 98 valence electrons. The molecule has 0 radical (unpaired) electrons. The Morgan fingerprint density at radius 2 is 1.68 bits per heavy atom. The molecule has 0 aliphatic heterocycles. The van der Waals surface area contributed by atoms with Crippen LogP contribution < -0.4 is 5.32 Å². The number of non-ortho nitro benzene ring substituents is 1. The maximum atomic E-state index is 10.5. The van der Waals surface area contributed by atoms with Gasteiger partial charge < -0.3 is 5.32 Å². The first kappa shape index (κ1) is 13.4. The van der Waals surface area contributed by atoms with Gasteiger partial charge in [0.15, 0.2) is 0 Å². The summed E-state index contributed by atoms with van der Waals surface area (Å²) in [6, 6.07) is 14.1. The van der Waals surface area contributed by atoms with Crippen molar-refractivity contribution in [3.63, 3.8) is 0 Å². The number of nitro benzene ring substituents is 1. The Labute approximate surface area is 116 Å². The normalized spacial score (nSPS) is 10.2. The number of nitrogens with zero attached hydrogens (tertiary/aromatic N) is 1. The van der Waals surface area contributed by atoms with Gasteiger partial charge in [0, 0.05) is 29.4 Å². The molecule has 2 aromatic carbocycles. The summed E-state index contributed by atoms with van der Waals surface area (Å²) in [6.07, 6.45) is 0.869. The van der Waals surface area contributed by atoms with Crippen LogP contribution in [0.25, 0.3) is 0 Å². The van der Waals surface area contributed by atoms with Gasteiger partial charge in [-0.25, -0.2) is 0 Å². The lowest BCUT2D eigenvalue weighted by Gasteiger charge is -2.06. The van der Waals surface area contributed by atoms with Gasteiger partial charge in [-0.05, 0) is 36.2 Å². The molecule has 0 aromatic heterocycles. The average Bonchev–Trinajstić information content (AvgIpc) is 2.41. The number of nitro groups is 1. The SMILES string of the molecule is O=[N+]([O-])c1ccc(NCCc2ccc(Cl)cc2)cc1. The second kappa shape index (κ2) is 6.20. The van der Waals surface area contributed by atoms with E-state index in [1.54, 1.807) is 12.1 Å². The number of benzene rings is 2. The van der Waals surface area contributed by atoms with Crippen molar-refractivity contribution in [3.05, 3.63) is 69.2 Å². The summed E-state index contributed by atoms with van der Waals surface area (Å²) in [7, 11) is 0. The van der Waals surface area contributed by atoms with Gasteiger partial charge >= 0.3 is 0 Å². The molecule has 0 spiro atoms. The van der Waals surface area contributed by atoms with Gasteiger partial charge in [-0.2, -0.15) is 0 Å². The minimum absolute atomic E-state index is 0.100. The molecule has 0 atom stereocenters. The Hall–Kier alpha value is -2.07. The molecule has 0 aliphatic carbocycles. The molecule has 5 heteroatoms. The van der Waals surface area contributed by atoms with E-state index in [-0.39, 0.29) is 5.69 Å². The summed E-state index contributed by atoms with van der Waals surface area (Å²) in [6.45, 7) is 0.763. The van der Waals surface area contributed by atoms with Crippen LogP contribution in [0, 0.1) is 10.1 Å². The van der Waals surface area contributed by atoms with Crippen molar-refractivity contribution in [1.29, 1.82) is 0 Å². The lowest BCUT2D eigenvalue weighted by Crippen LogP contribution is -2.04. The molecule has 2 aromatic rings. The van der Waals surface area contributed by atoms with Crippen LogP contribution in [0.3, 0.4) is 0 Å². The van der Waals surface area contributed by atoms with Crippen molar-refractivity contribution in [1.82, 2.24) is 0 Å². The fourth-order valence-electron chi connectivity index (χ4n) is 1.70. The Bertz CT molecular complexity index is 553. The fourth-order valence-corrected chi connectivity index (χ4v) is 1.83. The lowest BCUT2D eigenvalue weighted by molar-refractivity contribution is -0.384. The second-order valence-electron chi connectivity index (χ2n) is 4.11. The van der Waals surface area contributed by atoms with E-state index >= 15 is 0 Å². The highest BCUT2D eigenvalue weighted by atomic mass is 35.5. The summed E-state index contributed by atoms with van der Waals surface area (Å²) in [5.41, 5.74) is 2.17. The fraction of sp³-hybridized carbons (Fsp3) is 0.143. The molecule has 0 amide bonds. The number of halogens is 1. The second-order valence-corrected chi connectivity index (χ2v) is 4.54. The Balaban J connectivity index is 1.85. The first-order valence-electron chi connectivity index (χ1n) is 5.88. The summed E-state index contributed by atoms with van der Waals surface area (Å²) in [4.78, 5) is 10.1. The summed E-state index contributed by atoms with van der Waals surface area (Å²) >= 11 is 5.81. The van der Waals surface area contributed by atoms with E-state index in [4.69, 9.17) is 11.6 Å². The Kier molecular flexibility index (Phi) is 4.36. The number of rotatable bonds is 5. The highest BCUT2D eigenvalue weighted by Gasteiger charge is 2.03. The maximum Gasteiger partial charge on any atom is 0.269 e. The first-order valence-corrected chi connectivity index (χ1v) is 6.26. The third kappa shape index (κ3) is 3.96. The van der Waals surface area contributed by atoms with E-state index < -0.39 is 4.92 Å². The summed E-state index contributed by atoms with van der Waals surface area (Å²) < 4.78 is 0. The highest BCUT2D eigenvalue weighted by molar-refractivity contribution is 6.30. The van der Waals surface area contributed by atoms with E-state index in [1.165, 1.54) is 17.7 Å². The molecular weight excluding hydrogens is 264 g/mol. The summed E-state index contributed by atoms with van der Waals surface area (Å²) in [5, 5.41) is 14.5. The van der Waals surface area contributed by atoms with E-state index in [0.717, 1.165) is 23.7 Å². The van der Waals surface area contributed by atoms with E-state index in [9.17, 15) is 10.1 Å². The minimum atomic E-state index is -0.405. The van der Waals surface area contributed by atoms with Crippen LogP contribution in [0.4, 0.5) is 11.4 Å². The molecule has 0 heterocycles. The molecule has 4 nitrogen and oxygen atoms in total. The first-order chi connectivity index (χ1) is 9.15. The number of anilines is 1. The monoisotopic (exact) mass is 276 g/mol. The number of hydrogen-bond acceptors (Lipinski definition) is 3. The third-order valence-electron chi connectivity index (χ3n) is 2.73. The van der Waals surface area contributed by atoms with Gasteiger partial charge in [-0.15, -0.1) is 0 Å². The van der Waals surface area contributed by atoms with Crippen LogP contribution in [0.5, 0.6) is 0 Å². The van der Waals surface area contributed by atoms with Gasteiger partial charge in [0.1, 0.15) is 0 Å². The van der Waals surface area contributed by atoms with Crippen molar-refractivity contribution in [3.8, 4) is 0 Å². The van der Waals surface area contributed by atoms with E-state index in [1.807, 2.05) is 24.3 Å². The largest absolute Gasteiger partial charge is 0.385 e. The number of hydrogen-bond donors (Lipinski definition) is 1. The van der Waals surface area contributed by atoms with Crippen molar-refractivity contribution in [2.75, 3.05) is 11.9 Å². The van der Waals surface area contributed by atoms with Crippen molar-refractivity contribution >= 4 is 23.0 Å². The van der Waals surface area contributed by atoms with Crippen LogP contribution in [-0.2, 0) is 6.42 Å².